The zero-order valence-electron chi connectivity index (χ0n) is 14.7. The van der Waals surface area contributed by atoms with Gasteiger partial charge in [-0.1, -0.05) is 12.1 Å². The lowest BCUT2D eigenvalue weighted by molar-refractivity contribution is 0.213. The van der Waals surface area contributed by atoms with E-state index < -0.39 is 0 Å². The Morgan fingerprint density at radius 3 is 2.78 bits per heavy atom. The first-order valence-corrected chi connectivity index (χ1v) is 8.04. The Morgan fingerprint density at radius 2 is 2.22 bits per heavy atom. The highest BCUT2D eigenvalue weighted by atomic mass is 16.6. The summed E-state index contributed by atoms with van der Waals surface area (Å²) < 4.78 is 10.9. The molecule has 0 aromatic heterocycles. The second-order valence-electron chi connectivity index (χ2n) is 6.11. The predicted octanol–water partition coefficient (Wildman–Crippen LogP) is 2.98. The van der Waals surface area contributed by atoms with Crippen LogP contribution >= 0.6 is 0 Å². The van der Waals surface area contributed by atoms with Gasteiger partial charge in [-0.15, -0.1) is 0 Å². The van der Waals surface area contributed by atoms with E-state index in [2.05, 4.69) is 43.1 Å². The molecule has 0 bridgehead atoms. The number of ether oxygens (including phenoxy) is 2. The molecule has 1 aliphatic heterocycles. The van der Waals surface area contributed by atoms with E-state index in [0.29, 0.717) is 12.6 Å². The summed E-state index contributed by atoms with van der Waals surface area (Å²) in [4.78, 5) is 4.67. The number of epoxide rings is 1. The minimum atomic E-state index is 0.264. The summed E-state index contributed by atoms with van der Waals surface area (Å²) >= 11 is 0. The first-order valence-electron chi connectivity index (χ1n) is 8.04. The van der Waals surface area contributed by atoms with Crippen molar-refractivity contribution < 1.29 is 9.47 Å². The molecule has 5 heteroatoms. The van der Waals surface area contributed by atoms with Gasteiger partial charge in [0.2, 0.25) is 0 Å². The van der Waals surface area contributed by atoms with Crippen LogP contribution in [-0.2, 0) is 4.74 Å². The fraction of sp³-hybridized carbons (Fsp3) is 0.500. The van der Waals surface area contributed by atoms with E-state index in [0.717, 1.165) is 29.3 Å². The highest BCUT2D eigenvalue weighted by molar-refractivity contribution is 5.81. The Hall–Kier alpha value is -1.85. The lowest BCUT2D eigenvalue weighted by Crippen LogP contribution is -2.39. The molecule has 1 aliphatic rings. The molecule has 1 fully saturated rings. The second-order valence-corrected chi connectivity index (χ2v) is 6.11. The van der Waals surface area contributed by atoms with Crippen LogP contribution in [0.2, 0.25) is 0 Å². The van der Waals surface area contributed by atoms with Gasteiger partial charge in [-0.3, -0.25) is 5.01 Å². The maximum atomic E-state index is 5.71. The van der Waals surface area contributed by atoms with Gasteiger partial charge >= 0.3 is 0 Å². The number of rotatable bonds is 8. The summed E-state index contributed by atoms with van der Waals surface area (Å²) in [6, 6.07) is 8.26. The van der Waals surface area contributed by atoms with E-state index in [4.69, 9.17) is 9.47 Å². The van der Waals surface area contributed by atoms with Crippen molar-refractivity contribution in [2.45, 2.75) is 39.8 Å². The Labute approximate surface area is 139 Å². The Bertz CT molecular complexity index is 573. The molecule has 5 nitrogen and oxygen atoms in total. The summed E-state index contributed by atoms with van der Waals surface area (Å²) in [7, 11) is 1.91. The average Bonchev–Trinajstić information content (AvgIpc) is 3.33. The van der Waals surface area contributed by atoms with Gasteiger partial charge in [0.25, 0.3) is 0 Å². The Balaban J connectivity index is 2.09. The van der Waals surface area contributed by atoms with Crippen LogP contribution in [0.25, 0.3) is 0 Å². The van der Waals surface area contributed by atoms with E-state index in [1.807, 2.05) is 37.5 Å². The SMILES string of the molecule is CNN(C(/N=C/c1cccc(OCC2CO2)c1)=C(C)C)C(C)C. The second kappa shape index (κ2) is 8.13. The van der Waals surface area contributed by atoms with Gasteiger partial charge in [-0.25, -0.2) is 10.4 Å². The summed E-state index contributed by atoms with van der Waals surface area (Å²) in [5.41, 5.74) is 5.36. The van der Waals surface area contributed by atoms with Crippen molar-refractivity contribution in [1.29, 1.82) is 0 Å². The molecule has 2 rings (SSSR count). The Morgan fingerprint density at radius 1 is 1.48 bits per heavy atom. The summed E-state index contributed by atoms with van der Waals surface area (Å²) in [6.07, 6.45) is 2.13. The first kappa shape index (κ1) is 17.5. The van der Waals surface area contributed by atoms with Crippen LogP contribution in [0, 0.1) is 0 Å². The molecule has 1 saturated heterocycles. The minimum absolute atomic E-state index is 0.264. The normalized spacial score (nSPS) is 16.7. The number of nitrogens with one attached hydrogen (secondary N) is 1. The number of allylic oxidation sites excluding steroid dienone is 1. The monoisotopic (exact) mass is 317 g/mol. The maximum Gasteiger partial charge on any atom is 0.141 e. The third-order valence-corrected chi connectivity index (χ3v) is 3.46. The van der Waals surface area contributed by atoms with Crippen molar-refractivity contribution in [3.8, 4) is 5.75 Å². The van der Waals surface area contributed by atoms with Crippen LogP contribution in [0.5, 0.6) is 5.75 Å². The van der Waals surface area contributed by atoms with Crippen molar-refractivity contribution in [1.82, 2.24) is 10.4 Å². The topological polar surface area (TPSA) is 49.4 Å². The van der Waals surface area contributed by atoms with Crippen molar-refractivity contribution >= 4 is 6.21 Å². The zero-order chi connectivity index (χ0) is 16.8. The summed E-state index contributed by atoms with van der Waals surface area (Å²) in [6.45, 7) is 9.80. The van der Waals surface area contributed by atoms with E-state index in [1.165, 1.54) is 0 Å². The van der Waals surface area contributed by atoms with Crippen LogP contribution < -0.4 is 10.2 Å². The smallest absolute Gasteiger partial charge is 0.141 e. The number of hydrogen-bond acceptors (Lipinski definition) is 5. The molecule has 0 aliphatic carbocycles. The zero-order valence-corrected chi connectivity index (χ0v) is 14.7. The number of hydrazine groups is 1. The molecular formula is C18H27N3O2. The van der Waals surface area contributed by atoms with Gasteiger partial charge < -0.3 is 9.47 Å². The predicted molar refractivity (Wildman–Crippen MR) is 93.7 cm³/mol. The van der Waals surface area contributed by atoms with Crippen LogP contribution in [0.3, 0.4) is 0 Å². The average molecular weight is 317 g/mol. The van der Waals surface area contributed by atoms with Crippen LogP contribution in [0.15, 0.2) is 40.7 Å². The van der Waals surface area contributed by atoms with Crippen molar-refractivity contribution in [3.63, 3.8) is 0 Å². The number of aliphatic imine (C=N–C) groups is 1. The molecule has 0 spiro atoms. The number of benzene rings is 1. The first-order chi connectivity index (χ1) is 11.0. The Kier molecular flexibility index (Phi) is 6.19. The van der Waals surface area contributed by atoms with E-state index in [9.17, 15) is 0 Å². The summed E-state index contributed by atoms with van der Waals surface area (Å²) in [5.74, 6) is 1.78. The minimum Gasteiger partial charge on any atom is -0.491 e. The van der Waals surface area contributed by atoms with Crippen molar-refractivity contribution in [3.05, 3.63) is 41.2 Å². The van der Waals surface area contributed by atoms with Crippen LogP contribution in [0.1, 0.15) is 33.3 Å². The fourth-order valence-electron chi connectivity index (χ4n) is 2.21. The quantitative estimate of drug-likeness (QED) is 0.455. The molecule has 1 aromatic carbocycles. The van der Waals surface area contributed by atoms with E-state index >= 15 is 0 Å². The molecule has 0 radical (unpaired) electrons. The van der Waals surface area contributed by atoms with Crippen molar-refractivity contribution in [2.75, 3.05) is 20.3 Å². The molecule has 1 atom stereocenters. The molecule has 23 heavy (non-hydrogen) atoms. The van der Waals surface area contributed by atoms with E-state index in [1.54, 1.807) is 0 Å². The third kappa shape index (κ3) is 5.37. The lowest BCUT2D eigenvalue weighted by atomic mass is 10.2. The van der Waals surface area contributed by atoms with Crippen LogP contribution in [-0.4, -0.2) is 43.6 Å². The molecule has 126 valence electrons. The molecule has 1 unspecified atom stereocenters. The number of nitrogens with zero attached hydrogens (tertiary/aromatic N) is 2. The highest BCUT2D eigenvalue weighted by Crippen LogP contribution is 2.17. The highest BCUT2D eigenvalue weighted by Gasteiger charge is 2.23. The summed E-state index contributed by atoms with van der Waals surface area (Å²) in [5, 5.41) is 2.05. The molecule has 1 aromatic rings. The third-order valence-electron chi connectivity index (χ3n) is 3.46. The van der Waals surface area contributed by atoms with Gasteiger partial charge in [0.05, 0.1) is 6.61 Å². The van der Waals surface area contributed by atoms with Gasteiger partial charge in [-0.2, -0.15) is 0 Å². The van der Waals surface area contributed by atoms with Gasteiger partial charge in [0.15, 0.2) is 0 Å². The van der Waals surface area contributed by atoms with Crippen LogP contribution in [0.4, 0.5) is 0 Å². The standard InChI is InChI=1S/C18H27N3O2/c1-13(2)18(21(19-5)14(3)4)20-10-15-7-6-8-16(9-15)22-11-17-12-23-17/h6-10,14,17,19H,11-12H2,1-5H3/b20-10+. The van der Waals surface area contributed by atoms with E-state index in [-0.39, 0.29) is 6.10 Å². The molecule has 0 amide bonds. The lowest BCUT2D eigenvalue weighted by Gasteiger charge is -2.28. The largest absolute Gasteiger partial charge is 0.491 e. The van der Waals surface area contributed by atoms with Gasteiger partial charge in [-0.05, 0) is 51.0 Å². The fourth-order valence-corrected chi connectivity index (χ4v) is 2.21. The maximum absolute atomic E-state index is 5.71. The van der Waals surface area contributed by atoms with Gasteiger partial charge in [0.1, 0.15) is 24.3 Å². The molecule has 1 heterocycles. The molecular weight excluding hydrogens is 290 g/mol. The molecule has 0 saturated carbocycles. The van der Waals surface area contributed by atoms with Crippen molar-refractivity contribution in [2.24, 2.45) is 4.99 Å². The molecule has 1 N–H and O–H groups in total. The number of hydrogen-bond donors (Lipinski definition) is 1. The van der Waals surface area contributed by atoms with Gasteiger partial charge in [0, 0.05) is 19.3 Å².